The molecule has 3 N–H and O–H groups in total. The van der Waals surface area contributed by atoms with E-state index in [0.29, 0.717) is 10.3 Å². The number of sulfone groups is 1. The number of phenolic OH excluding ortho intramolecular Hbond substituents is 2. The SMILES string of the molecule is Cc1cc(=S)n2[nH]c(CS(=O)(=O)c3ccc(O)c(O)c3)nc2n1. The van der Waals surface area contributed by atoms with Gasteiger partial charge in [0.15, 0.2) is 21.3 Å². The maximum atomic E-state index is 12.4. The molecule has 0 spiro atoms. The number of aromatic amines is 1. The topological polar surface area (TPSA) is 121 Å². The first-order valence-electron chi connectivity index (χ1n) is 6.46. The summed E-state index contributed by atoms with van der Waals surface area (Å²) in [6.07, 6.45) is 0. The minimum atomic E-state index is -3.76. The molecule has 0 unspecified atom stereocenters. The summed E-state index contributed by atoms with van der Waals surface area (Å²) < 4.78 is 26.6. The predicted octanol–water partition coefficient (Wildman–Crippen LogP) is 1.48. The summed E-state index contributed by atoms with van der Waals surface area (Å²) >= 11 is 5.16. The van der Waals surface area contributed by atoms with Crippen LogP contribution in [0.5, 0.6) is 11.5 Å². The van der Waals surface area contributed by atoms with Crippen molar-refractivity contribution in [1.29, 1.82) is 0 Å². The normalized spacial score (nSPS) is 11.9. The highest BCUT2D eigenvalue weighted by atomic mass is 32.2. The zero-order chi connectivity index (χ0) is 16.8. The van der Waals surface area contributed by atoms with E-state index in [2.05, 4.69) is 15.1 Å². The van der Waals surface area contributed by atoms with Crippen LogP contribution in [0, 0.1) is 11.6 Å². The zero-order valence-electron chi connectivity index (χ0n) is 11.9. The van der Waals surface area contributed by atoms with E-state index >= 15 is 0 Å². The van der Waals surface area contributed by atoms with E-state index in [0.717, 1.165) is 12.1 Å². The number of benzene rings is 1. The quantitative estimate of drug-likeness (QED) is 0.482. The largest absolute Gasteiger partial charge is 0.504 e. The highest BCUT2D eigenvalue weighted by Gasteiger charge is 2.19. The summed E-state index contributed by atoms with van der Waals surface area (Å²) in [5.41, 5.74) is 0.680. The van der Waals surface area contributed by atoms with Crippen LogP contribution in [-0.4, -0.2) is 38.2 Å². The summed E-state index contributed by atoms with van der Waals surface area (Å²) in [7, 11) is -3.76. The van der Waals surface area contributed by atoms with Gasteiger partial charge < -0.3 is 10.2 Å². The first-order chi connectivity index (χ1) is 10.8. The van der Waals surface area contributed by atoms with Crippen LogP contribution in [0.4, 0.5) is 0 Å². The molecule has 0 saturated heterocycles. The number of nitrogens with zero attached hydrogens (tertiary/aromatic N) is 3. The Hall–Kier alpha value is -2.46. The third-order valence-corrected chi connectivity index (χ3v) is 5.06. The maximum Gasteiger partial charge on any atom is 0.252 e. The van der Waals surface area contributed by atoms with Crippen LogP contribution >= 0.6 is 12.2 Å². The molecule has 2 heterocycles. The lowest BCUT2D eigenvalue weighted by atomic mass is 10.3. The molecule has 0 bridgehead atoms. The van der Waals surface area contributed by atoms with Gasteiger partial charge in [-0.2, -0.15) is 4.98 Å². The first kappa shape index (κ1) is 15.4. The van der Waals surface area contributed by atoms with Gasteiger partial charge in [0, 0.05) is 11.8 Å². The summed E-state index contributed by atoms with van der Waals surface area (Å²) in [5, 5.41) is 21.5. The van der Waals surface area contributed by atoms with Crippen LogP contribution in [0.25, 0.3) is 5.78 Å². The van der Waals surface area contributed by atoms with Crippen molar-refractivity contribution in [3.63, 3.8) is 0 Å². The van der Waals surface area contributed by atoms with E-state index in [4.69, 9.17) is 12.2 Å². The highest BCUT2D eigenvalue weighted by Crippen LogP contribution is 2.28. The monoisotopic (exact) mass is 352 g/mol. The Morgan fingerprint density at radius 1 is 1.22 bits per heavy atom. The molecule has 120 valence electrons. The lowest BCUT2D eigenvalue weighted by Gasteiger charge is -2.04. The van der Waals surface area contributed by atoms with Crippen molar-refractivity contribution in [2.45, 2.75) is 17.6 Å². The van der Waals surface area contributed by atoms with Crippen LogP contribution in [0.3, 0.4) is 0 Å². The number of aromatic nitrogens is 4. The van der Waals surface area contributed by atoms with Crippen molar-refractivity contribution in [3.8, 4) is 11.5 Å². The molecule has 8 nitrogen and oxygen atoms in total. The Balaban J connectivity index is 2.02. The molecule has 0 saturated carbocycles. The molecule has 0 aliphatic heterocycles. The molecule has 0 fully saturated rings. The second-order valence-electron chi connectivity index (χ2n) is 4.95. The lowest BCUT2D eigenvalue weighted by molar-refractivity contribution is 0.402. The third-order valence-electron chi connectivity index (χ3n) is 3.14. The summed E-state index contributed by atoms with van der Waals surface area (Å²) in [4.78, 5) is 8.17. The van der Waals surface area contributed by atoms with Gasteiger partial charge in [-0.05, 0) is 25.1 Å². The molecule has 10 heteroatoms. The average Bonchev–Trinajstić information content (AvgIpc) is 2.83. The number of rotatable bonds is 3. The molecule has 3 rings (SSSR count). The molecule has 0 radical (unpaired) electrons. The van der Waals surface area contributed by atoms with Crippen molar-refractivity contribution in [3.05, 3.63) is 40.4 Å². The van der Waals surface area contributed by atoms with Gasteiger partial charge in [0.05, 0.1) is 4.90 Å². The van der Waals surface area contributed by atoms with Gasteiger partial charge in [0.25, 0.3) is 5.78 Å². The van der Waals surface area contributed by atoms with Gasteiger partial charge in [-0.1, -0.05) is 12.2 Å². The first-order valence-corrected chi connectivity index (χ1v) is 8.52. The fourth-order valence-corrected chi connectivity index (χ4v) is 3.58. The van der Waals surface area contributed by atoms with Gasteiger partial charge >= 0.3 is 0 Å². The van der Waals surface area contributed by atoms with Gasteiger partial charge in [-0.3, -0.25) is 5.10 Å². The fourth-order valence-electron chi connectivity index (χ4n) is 2.06. The van der Waals surface area contributed by atoms with Crippen LogP contribution in [0.2, 0.25) is 0 Å². The molecule has 23 heavy (non-hydrogen) atoms. The van der Waals surface area contributed by atoms with Crippen LogP contribution in [-0.2, 0) is 15.6 Å². The Labute approximate surface area is 136 Å². The molecular weight excluding hydrogens is 340 g/mol. The summed E-state index contributed by atoms with van der Waals surface area (Å²) in [6, 6.07) is 4.97. The minimum Gasteiger partial charge on any atom is -0.504 e. The van der Waals surface area contributed by atoms with Crippen molar-refractivity contribution in [1.82, 2.24) is 19.6 Å². The molecular formula is C13H12N4O4S2. The number of aromatic hydroxyl groups is 2. The molecule has 3 aromatic rings. The number of H-pyrrole nitrogens is 1. The Morgan fingerprint density at radius 3 is 2.65 bits per heavy atom. The highest BCUT2D eigenvalue weighted by molar-refractivity contribution is 7.90. The Bertz CT molecular complexity index is 1070. The number of aryl methyl sites for hydroxylation is 1. The maximum absolute atomic E-state index is 12.4. The van der Waals surface area contributed by atoms with E-state index < -0.39 is 27.1 Å². The number of fused-ring (bicyclic) bond motifs is 1. The molecule has 0 aliphatic rings. The number of phenols is 2. The zero-order valence-corrected chi connectivity index (χ0v) is 13.5. The van der Waals surface area contributed by atoms with Crippen molar-refractivity contribution >= 4 is 27.8 Å². The van der Waals surface area contributed by atoms with E-state index in [9.17, 15) is 18.6 Å². The third kappa shape index (κ3) is 2.90. The molecule has 2 aromatic heterocycles. The van der Waals surface area contributed by atoms with Crippen LogP contribution in [0.1, 0.15) is 11.5 Å². The van der Waals surface area contributed by atoms with Crippen molar-refractivity contribution in [2.75, 3.05) is 0 Å². The van der Waals surface area contributed by atoms with Gasteiger partial charge in [-0.15, -0.1) is 0 Å². The van der Waals surface area contributed by atoms with Gasteiger partial charge in [0.1, 0.15) is 16.2 Å². The minimum absolute atomic E-state index is 0.124. The fraction of sp³-hybridized carbons (Fsp3) is 0.154. The van der Waals surface area contributed by atoms with Crippen LogP contribution < -0.4 is 0 Å². The summed E-state index contributed by atoms with van der Waals surface area (Å²) in [5.74, 6) is -0.863. The Kier molecular flexibility index (Phi) is 3.57. The standard InChI is InChI=1S/C13H12N4O4S2/c1-7-4-12(22)17-13(14-7)15-11(16-17)6-23(20,21)8-2-3-9(18)10(19)5-8/h2-5,18-19H,6H2,1H3,(H,14,15,16). The smallest absolute Gasteiger partial charge is 0.252 e. The van der Waals surface area contributed by atoms with E-state index in [1.165, 1.54) is 10.6 Å². The number of hydrogen-bond donors (Lipinski definition) is 3. The molecule has 0 aliphatic carbocycles. The Morgan fingerprint density at radius 2 is 1.96 bits per heavy atom. The van der Waals surface area contributed by atoms with Crippen LogP contribution in [0.15, 0.2) is 29.2 Å². The molecule has 0 atom stereocenters. The molecule has 1 aromatic carbocycles. The van der Waals surface area contributed by atoms with Gasteiger partial charge in [0.2, 0.25) is 0 Å². The number of hydrogen-bond acceptors (Lipinski definition) is 7. The van der Waals surface area contributed by atoms with Gasteiger partial charge in [-0.25, -0.2) is 17.9 Å². The number of nitrogens with one attached hydrogen (secondary N) is 1. The predicted molar refractivity (Wildman–Crippen MR) is 83.6 cm³/mol. The average molecular weight is 352 g/mol. The summed E-state index contributed by atoms with van der Waals surface area (Å²) in [6.45, 7) is 1.76. The second-order valence-corrected chi connectivity index (χ2v) is 7.36. The van der Waals surface area contributed by atoms with E-state index in [1.54, 1.807) is 13.0 Å². The van der Waals surface area contributed by atoms with Crippen molar-refractivity contribution < 1.29 is 18.6 Å². The van der Waals surface area contributed by atoms with E-state index in [-0.39, 0.29) is 16.5 Å². The lowest BCUT2D eigenvalue weighted by Crippen LogP contribution is -2.06. The molecule has 0 amide bonds. The van der Waals surface area contributed by atoms with Crippen molar-refractivity contribution in [2.24, 2.45) is 0 Å². The second kappa shape index (κ2) is 5.32. The van der Waals surface area contributed by atoms with E-state index in [1.807, 2.05) is 0 Å².